The van der Waals surface area contributed by atoms with E-state index >= 15 is 0 Å². The van der Waals surface area contributed by atoms with Crippen LogP contribution in [0.4, 0.5) is 0 Å². The molecule has 1 heterocycles. The molecule has 0 aromatic rings. The first-order chi connectivity index (χ1) is 4.43. The van der Waals surface area contributed by atoms with E-state index in [1.54, 1.807) is 0 Å². The van der Waals surface area contributed by atoms with E-state index in [-0.39, 0.29) is 0 Å². The van der Waals surface area contributed by atoms with Crippen molar-refractivity contribution in [2.75, 3.05) is 6.54 Å². The summed E-state index contributed by atoms with van der Waals surface area (Å²) in [7, 11) is 0. The zero-order chi connectivity index (χ0) is 6.53. The van der Waals surface area contributed by atoms with Gasteiger partial charge in [-0.1, -0.05) is 5.57 Å². The average molecular weight is 124 g/mol. The molecule has 2 N–H and O–H groups in total. The molecule has 0 atom stereocenters. The fourth-order valence-electron chi connectivity index (χ4n) is 0.976. The van der Waals surface area contributed by atoms with Crippen molar-refractivity contribution in [1.82, 2.24) is 5.32 Å². The number of hydrogen-bond donors (Lipinski definition) is 2. The molecule has 0 saturated heterocycles. The maximum absolute atomic E-state index is 6.79. The van der Waals surface area contributed by atoms with E-state index in [1.807, 2.05) is 0 Å². The van der Waals surface area contributed by atoms with Gasteiger partial charge in [0.25, 0.3) is 0 Å². The molecule has 0 radical (unpaired) electrons. The zero-order valence-corrected chi connectivity index (χ0v) is 5.48. The Bertz CT molecular complexity index is 127. The smallest absolute Gasteiger partial charge is 0.0179 e. The van der Waals surface area contributed by atoms with Gasteiger partial charge in [0.2, 0.25) is 0 Å². The fourth-order valence-corrected chi connectivity index (χ4v) is 0.976. The lowest BCUT2D eigenvalue weighted by Crippen LogP contribution is -1.96. The lowest BCUT2D eigenvalue weighted by Gasteiger charge is -1.92. The van der Waals surface area contributed by atoms with Gasteiger partial charge in [-0.3, -0.25) is 0 Å². The van der Waals surface area contributed by atoms with E-state index in [2.05, 4.69) is 11.5 Å². The molecule has 2 heteroatoms. The predicted octanol–water partition coefficient (Wildman–Crippen LogP) is 1.29. The van der Waals surface area contributed by atoms with Gasteiger partial charge >= 0.3 is 0 Å². The first-order valence-electron chi connectivity index (χ1n) is 3.33. The Balaban J connectivity index is 2.18. The molecule has 0 aromatic heterocycles. The highest BCUT2D eigenvalue weighted by Crippen LogP contribution is 2.10. The maximum atomic E-state index is 6.79. The van der Waals surface area contributed by atoms with Crippen molar-refractivity contribution in [3.8, 4) is 0 Å². The molecule has 0 spiro atoms. The quantitative estimate of drug-likeness (QED) is 0.546. The number of hydrogen-bond acceptors (Lipinski definition) is 2. The first kappa shape index (κ1) is 6.33. The first-order valence-corrected chi connectivity index (χ1v) is 3.33. The second kappa shape index (κ2) is 3.28. The minimum Gasteiger partial charge on any atom is -0.391 e. The average Bonchev–Trinajstić information content (AvgIpc) is 2.34. The van der Waals surface area contributed by atoms with Crippen molar-refractivity contribution in [1.29, 1.82) is 5.41 Å². The van der Waals surface area contributed by atoms with Gasteiger partial charge in [0.05, 0.1) is 0 Å². The molecule has 0 aliphatic carbocycles. The van der Waals surface area contributed by atoms with Crippen LogP contribution in [0.15, 0.2) is 11.8 Å². The van der Waals surface area contributed by atoms with Gasteiger partial charge in [-0.25, -0.2) is 0 Å². The van der Waals surface area contributed by atoms with E-state index in [4.69, 9.17) is 5.41 Å². The van der Waals surface area contributed by atoms with Crippen LogP contribution in [0.5, 0.6) is 0 Å². The summed E-state index contributed by atoms with van der Waals surface area (Å²) in [6, 6.07) is 0. The van der Waals surface area contributed by atoms with Crippen molar-refractivity contribution in [3.05, 3.63) is 11.8 Å². The summed E-state index contributed by atoms with van der Waals surface area (Å²) in [5, 5.41) is 9.94. The standard InChI is InChI=1S/C7H12N2/c8-4-1-2-7-3-5-9-6-7/h4,6,8-9H,1-3,5H2. The Labute approximate surface area is 55.5 Å². The Kier molecular flexibility index (Phi) is 2.31. The van der Waals surface area contributed by atoms with Gasteiger partial charge < -0.3 is 10.7 Å². The highest BCUT2D eigenvalue weighted by molar-refractivity contribution is 5.53. The van der Waals surface area contributed by atoms with Crippen LogP contribution < -0.4 is 5.32 Å². The second-order valence-corrected chi connectivity index (χ2v) is 2.25. The fraction of sp³-hybridized carbons (Fsp3) is 0.571. The lowest BCUT2D eigenvalue weighted by molar-refractivity contribution is 0.878. The SMILES string of the molecule is N=CCCC1=CNCC1. The Morgan fingerprint density at radius 1 is 1.78 bits per heavy atom. The Morgan fingerprint density at radius 3 is 3.22 bits per heavy atom. The lowest BCUT2D eigenvalue weighted by atomic mass is 10.1. The molecule has 0 saturated carbocycles. The molecule has 0 bridgehead atoms. The van der Waals surface area contributed by atoms with Crippen molar-refractivity contribution >= 4 is 6.21 Å². The van der Waals surface area contributed by atoms with Crippen molar-refractivity contribution < 1.29 is 0 Å². The third-order valence-corrected chi connectivity index (χ3v) is 1.51. The van der Waals surface area contributed by atoms with Crippen LogP contribution in [0.2, 0.25) is 0 Å². The van der Waals surface area contributed by atoms with Crippen LogP contribution in [-0.2, 0) is 0 Å². The van der Waals surface area contributed by atoms with Gasteiger partial charge in [0.15, 0.2) is 0 Å². The minimum absolute atomic E-state index is 0.896. The molecule has 1 aliphatic heterocycles. The highest BCUT2D eigenvalue weighted by Gasteiger charge is 2.00. The normalized spacial score (nSPS) is 16.7. The Morgan fingerprint density at radius 2 is 2.67 bits per heavy atom. The number of nitrogens with one attached hydrogen (secondary N) is 2. The summed E-state index contributed by atoms with van der Waals surface area (Å²) in [5.41, 5.74) is 1.46. The van der Waals surface area contributed by atoms with Gasteiger partial charge in [-0.05, 0) is 31.7 Å². The summed E-state index contributed by atoms with van der Waals surface area (Å²) in [5.74, 6) is 0. The Hall–Kier alpha value is -0.790. The maximum Gasteiger partial charge on any atom is 0.0179 e. The summed E-state index contributed by atoms with van der Waals surface area (Å²) in [6.07, 6.45) is 6.68. The van der Waals surface area contributed by atoms with Crippen molar-refractivity contribution in [2.24, 2.45) is 0 Å². The van der Waals surface area contributed by atoms with Gasteiger partial charge in [-0.2, -0.15) is 0 Å². The van der Waals surface area contributed by atoms with Crippen molar-refractivity contribution in [2.45, 2.75) is 19.3 Å². The van der Waals surface area contributed by atoms with E-state index in [1.165, 1.54) is 18.2 Å². The molecular weight excluding hydrogens is 112 g/mol. The molecule has 0 unspecified atom stereocenters. The predicted molar refractivity (Wildman–Crippen MR) is 38.7 cm³/mol. The monoisotopic (exact) mass is 124 g/mol. The molecule has 0 fully saturated rings. The second-order valence-electron chi connectivity index (χ2n) is 2.25. The molecule has 1 aliphatic rings. The van der Waals surface area contributed by atoms with E-state index in [0.717, 1.165) is 19.4 Å². The van der Waals surface area contributed by atoms with E-state index in [0.29, 0.717) is 0 Å². The minimum atomic E-state index is 0.896. The van der Waals surface area contributed by atoms with Crippen LogP contribution in [0.25, 0.3) is 0 Å². The largest absolute Gasteiger partial charge is 0.391 e. The molecule has 0 amide bonds. The van der Waals surface area contributed by atoms with Gasteiger partial charge in [-0.15, -0.1) is 0 Å². The summed E-state index contributed by atoms with van der Waals surface area (Å²) >= 11 is 0. The van der Waals surface area contributed by atoms with E-state index < -0.39 is 0 Å². The molecule has 2 nitrogen and oxygen atoms in total. The molecule has 9 heavy (non-hydrogen) atoms. The van der Waals surface area contributed by atoms with Crippen LogP contribution in [0.3, 0.4) is 0 Å². The summed E-state index contributed by atoms with van der Waals surface area (Å²) < 4.78 is 0. The van der Waals surface area contributed by atoms with Crippen LogP contribution >= 0.6 is 0 Å². The number of rotatable bonds is 3. The third-order valence-electron chi connectivity index (χ3n) is 1.51. The highest BCUT2D eigenvalue weighted by atomic mass is 14.8. The molecule has 50 valence electrons. The van der Waals surface area contributed by atoms with Crippen LogP contribution in [0, 0.1) is 5.41 Å². The van der Waals surface area contributed by atoms with Gasteiger partial charge in [0.1, 0.15) is 0 Å². The summed E-state index contributed by atoms with van der Waals surface area (Å²) in [6.45, 7) is 1.09. The summed E-state index contributed by atoms with van der Waals surface area (Å²) in [4.78, 5) is 0. The third kappa shape index (κ3) is 1.88. The molecular formula is C7H12N2. The molecule has 1 rings (SSSR count). The van der Waals surface area contributed by atoms with Crippen molar-refractivity contribution in [3.63, 3.8) is 0 Å². The zero-order valence-electron chi connectivity index (χ0n) is 5.48. The van der Waals surface area contributed by atoms with E-state index in [9.17, 15) is 0 Å². The van der Waals surface area contributed by atoms with Crippen LogP contribution in [0.1, 0.15) is 19.3 Å². The molecule has 0 aromatic carbocycles. The van der Waals surface area contributed by atoms with Crippen LogP contribution in [-0.4, -0.2) is 12.8 Å². The topological polar surface area (TPSA) is 35.9 Å². The van der Waals surface area contributed by atoms with Gasteiger partial charge in [0, 0.05) is 6.54 Å².